The molecule has 1 saturated carbocycles. The number of aliphatic hydroxyl groups is 1. The van der Waals surface area contributed by atoms with E-state index in [9.17, 15) is 9.50 Å². The molecule has 0 unspecified atom stereocenters. The molecule has 94 valence electrons. The lowest BCUT2D eigenvalue weighted by atomic mass is 9.74. The van der Waals surface area contributed by atoms with Crippen molar-refractivity contribution < 1.29 is 14.2 Å². The van der Waals surface area contributed by atoms with Crippen LogP contribution in [0, 0.1) is 5.82 Å². The number of hydrogen-bond donors (Lipinski definition) is 2. The Morgan fingerprint density at radius 1 is 1.53 bits per heavy atom. The van der Waals surface area contributed by atoms with Crippen molar-refractivity contribution in [2.45, 2.75) is 31.4 Å². The van der Waals surface area contributed by atoms with Gasteiger partial charge in [-0.25, -0.2) is 4.39 Å². The summed E-state index contributed by atoms with van der Waals surface area (Å²) in [6.45, 7) is 2.68. The second kappa shape index (κ2) is 5.02. The van der Waals surface area contributed by atoms with Crippen LogP contribution < -0.4 is 5.32 Å². The van der Waals surface area contributed by atoms with Crippen LogP contribution in [-0.2, 0) is 4.74 Å². The summed E-state index contributed by atoms with van der Waals surface area (Å²) in [7, 11) is 0. The quantitative estimate of drug-likeness (QED) is 0.827. The molecule has 4 heteroatoms. The van der Waals surface area contributed by atoms with E-state index in [1.54, 1.807) is 12.1 Å². The number of ether oxygens (including phenoxy) is 1. The molecule has 0 atom stereocenters. The Kier molecular flexibility index (Phi) is 3.64. The summed E-state index contributed by atoms with van der Waals surface area (Å²) in [6, 6.07) is 6.29. The molecule has 0 aliphatic heterocycles. The highest BCUT2D eigenvalue weighted by Crippen LogP contribution is 2.37. The zero-order valence-corrected chi connectivity index (χ0v) is 9.95. The van der Waals surface area contributed by atoms with E-state index in [0.29, 0.717) is 12.3 Å². The molecule has 1 aromatic rings. The third-order valence-electron chi connectivity index (χ3n) is 3.18. The van der Waals surface area contributed by atoms with Gasteiger partial charge in [0.15, 0.2) is 0 Å². The molecule has 3 nitrogen and oxygen atoms in total. The zero-order valence-electron chi connectivity index (χ0n) is 9.95. The summed E-state index contributed by atoms with van der Waals surface area (Å²) in [6.07, 6.45) is 1.72. The number of benzene rings is 1. The molecule has 2 N–H and O–H groups in total. The smallest absolute Gasteiger partial charge is 0.125 e. The zero-order chi connectivity index (χ0) is 12.3. The van der Waals surface area contributed by atoms with Crippen LogP contribution in [0.5, 0.6) is 0 Å². The molecule has 0 saturated heterocycles. The monoisotopic (exact) mass is 239 g/mol. The molecule has 1 aromatic carbocycles. The Morgan fingerprint density at radius 2 is 2.29 bits per heavy atom. The summed E-state index contributed by atoms with van der Waals surface area (Å²) in [4.78, 5) is 0. The van der Waals surface area contributed by atoms with Gasteiger partial charge in [0.2, 0.25) is 0 Å². The van der Waals surface area contributed by atoms with E-state index < -0.39 is 0 Å². The Balaban J connectivity index is 1.97. The number of halogens is 1. The second-order valence-corrected chi connectivity index (χ2v) is 4.56. The molecule has 1 aliphatic carbocycles. The minimum atomic E-state index is -0.354. The molecule has 0 spiro atoms. The van der Waals surface area contributed by atoms with Crippen molar-refractivity contribution in [2.75, 3.05) is 18.5 Å². The van der Waals surface area contributed by atoms with Gasteiger partial charge in [0, 0.05) is 12.3 Å². The van der Waals surface area contributed by atoms with E-state index in [2.05, 4.69) is 5.32 Å². The lowest BCUT2D eigenvalue weighted by Crippen LogP contribution is -2.56. The molecule has 1 fully saturated rings. The molecule has 17 heavy (non-hydrogen) atoms. The first-order valence-corrected chi connectivity index (χ1v) is 5.94. The van der Waals surface area contributed by atoms with Gasteiger partial charge in [0.1, 0.15) is 5.82 Å². The third-order valence-corrected chi connectivity index (χ3v) is 3.18. The van der Waals surface area contributed by atoms with Gasteiger partial charge < -0.3 is 15.2 Å². The van der Waals surface area contributed by atoms with Gasteiger partial charge in [-0.15, -0.1) is 0 Å². The van der Waals surface area contributed by atoms with Crippen molar-refractivity contribution >= 4 is 5.69 Å². The van der Waals surface area contributed by atoms with Crippen LogP contribution in [0.15, 0.2) is 24.3 Å². The summed E-state index contributed by atoms with van der Waals surface area (Å²) in [5.74, 6) is -0.274. The predicted octanol–water partition coefficient (Wildman–Crippen LogP) is 2.17. The van der Waals surface area contributed by atoms with Crippen LogP contribution in [0.4, 0.5) is 10.1 Å². The third kappa shape index (κ3) is 2.76. The van der Waals surface area contributed by atoms with Crippen molar-refractivity contribution in [3.63, 3.8) is 0 Å². The molecular formula is C13H18FNO2. The van der Waals surface area contributed by atoms with Crippen molar-refractivity contribution in [1.82, 2.24) is 0 Å². The maximum absolute atomic E-state index is 13.0. The fourth-order valence-electron chi connectivity index (χ4n) is 2.31. The highest BCUT2D eigenvalue weighted by Gasteiger charge is 2.44. The average Bonchev–Trinajstić information content (AvgIpc) is 2.26. The summed E-state index contributed by atoms with van der Waals surface area (Å²) < 4.78 is 18.5. The van der Waals surface area contributed by atoms with Crippen LogP contribution >= 0.6 is 0 Å². The fraction of sp³-hybridized carbons (Fsp3) is 0.538. The first-order chi connectivity index (χ1) is 8.17. The predicted molar refractivity (Wildman–Crippen MR) is 64.5 cm³/mol. The van der Waals surface area contributed by atoms with Crippen LogP contribution in [0.1, 0.15) is 19.8 Å². The summed E-state index contributed by atoms with van der Waals surface area (Å²) >= 11 is 0. The van der Waals surface area contributed by atoms with E-state index >= 15 is 0 Å². The molecule has 0 aromatic heterocycles. The average molecular weight is 239 g/mol. The Labute approximate surface area is 101 Å². The normalized spacial score (nSPS) is 27.6. The van der Waals surface area contributed by atoms with E-state index in [0.717, 1.165) is 12.8 Å². The minimum absolute atomic E-state index is 0.0348. The lowest BCUT2D eigenvalue weighted by Gasteiger charge is -2.47. The highest BCUT2D eigenvalue weighted by molar-refractivity contribution is 5.46. The second-order valence-electron chi connectivity index (χ2n) is 4.56. The topological polar surface area (TPSA) is 41.5 Å². The maximum Gasteiger partial charge on any atom is 0.125 e. The van der Waals surface area contributed by atoms with E-state index in [-0.39, 0.29) is 24.1 Å². The van der Waals surface area contributed by atoms with Gasteiger partial charge >= 0.3 is 0 Å². The van der Waals surface area contributed by atoms with E-state index in [1.165, 1.54) is 12.1 Å². The van der Waals surface area contributed by atoms with Crippen molar-refractivity contribution in [3.8, 4) is 0 Å². The van der Waals surface area contributed by atoms with Gasteiger partial charge in [0.05, 0.1) is 18.2 Å². The van der Waals surface area contributed by atoms with Crippen LogP contribution in [-0.4, -0.2) is 30.0 Å². The summed E-state index contributed by atoms with van der Waals surface area (Å²) in [5.41, 5.74) is 0.349. The largest absolute Gasteiger partial charge is 0.394 e. The van der Waals surface area contributed by atoms with Crippen molar-refractivity contribution in [1.29, 1.82) is 0 Å². The molecule has 0 radical (unpaired) electrons. The Hall–Kier alpha value is -1.13. The van der Waals surface area contributed by atoms with E-state index in [4.69, 9.17) is 4.74 Å². The Bertz CT molecular complexity index is 377. The Morgan fingerprint density at radius 3 is 2.88 bits per heavy atom. The van der Waals surface area contributed by atoms with Gasteiger partial charge in [-0.3, -0.25) is 0 Å². The summed E-state index contributed by atoms with van der Waals surface area (Å²) in [5, 5.41) is 12.6. The van der Waals surface area contributed by atoms with Crippen molar-refractivity contribution in [2.24, 2.45) is 0 Å². The lowest BCUT2D eigenvalue weighted by molar-refractivity contribution is -0.0458. The van der Waals surface area contributed by atoms with Crippen LogP contribution in [0.2, 0.25) is 0 Å². The van der Waals surface area contributed by atoms with Gasteiger partial charge in [-0.2, -0.15) is 0 Å². The van der Waals surface area contributed by atoms with Gasteiger partial charge in [-0.05, 0) is 38.0 Å². The van der Waals surface area contributed by atoms with Gasteiger partial charge in [0.25, 0.3) is 0 Å². The van der Waals surface area contributed by atoms with Gasteiger partial charge in [-0.1, -0.05) is 6.07 Å². The maximum atomic E-state index is 13.0. The molecule has 2 rings (SSSR count). The van der Waals surface area contributed by atoms with Crippen LogP contribution in [0.3, 0.4) is 0 Å². The molecule has 0 bridgehead atoms. The van der Waals surface area contributed by atoms with Crippen molar-refractivity contribution in [3.05, 3.63) is 30.1 Å². The number of aliphatic hydroxyl groups excluding tert-OH is 1. The number of hydrogen-bond acceptors (Lipinski definition) is 3. The molecule has 0 amide bonds. The number of rotatable bonds is 5. The number of anilines is 1. The molecule has 0 heterocycles. The first-order valence-electron chi connectivity index (χ1n) is 5.94. The fourth-order valence-corrected chi connectivity index (χ4v) is 2.31. The number of nitrogens with one attached hydrogen (secondary N) is 1. The van der Waals surface area contributed by atoms with Crippen LogP contribution in [0.25, 0.3) is 0 Å². The first kappa shape index (κ1) is 12.3. The standard InChI is InChI=1S/C13H18FNO2/c1-2-17-12-7-13(8-12,9-16)15-11-5-3-4-10(14)6-11/h3-6,12,15-16H,2,7-9H2,1H3. The SMILES string of the molecule is CCOC1CC(CO)(Nc2cccc(F)c2)C1. The molecule has 1 aliphatic rings. The molecular weight excluding hydrogens is 221 g/mol. The minimum Gasteiger partial charge on any atom is -0.394 e. The van der Waals surface area contributed by atoms with E-state index in [1.807, 2.05) is 6.92 Å². The highest BCUT2D eigenvalue weighted by atomic mass is 19.1.